The van der Waals surface area contributed by atoms with Gasteiger partial charge in [-0.05, 0) is 19.4 Å². The van der Waals surface area contributed by atoms with Gasteiger partial charge >= 0.3 is 0 Å². The molecule has 6 heteroatoms. The Kier molecular flexibility index (Phi) is 3.19. The second-order valence-electron chi connectivity index (χ2n) is 4.72. The zero-order chi connectivity index (χ0) is 13.6. The van der Waals surface area contributed by atoms with Crippen molar-refractivity contribution in [2.75, 3.05) is 6.61 Å². The highest BCUT2D eigenvalue weighted by Crippen LogP contribution is 2.32. The number of fused-ring (bicyclic) bond motifs is 1. The number of nitrogens with zero attached hydrogens (tertiary/aromatic N) is 2. The number of imidazole rings is 1. The third kappa shape index (κ3) is 2.01. The molecule has 0 saturated carbocycles. The van der Waals surface area contributed by atoms with E-state index in [1.54, 1.807) is 0 Å². The molecule has 19 heavy (non-hydrogen) atoms. The minimum Gasteiger partial charge on any atom is -0.376 e. The SMILES string of the molecule is CC1OCCC1n1c(CCl)nc2c(F)cc(F)cc21. The van der Waals surface area contributed by atoms with Gasteiger partial charge in [-0.25, -0.2) is 13.8 Å². The van der Waals surface area contributed by atoms with E-state index < -0.39 is 11.6 Å². The summed E-state index contributed by atoms with van der Waals surface area (Å²) in [6, 6.07) is 2.15. The molecule has 1 aliphatic rings. The van der Waals surface area contributed by atoms with Gasteiger partial charge in [0.1, 0.15) is 17.2 Å². The Morgan fingerprint density at radius 3 is 2.89 bits per heavy atom. The highest BCUT2D eigenvalue weighted by atomic mass is 35.5. The molecule has 2 unspecified atom stereocenters. The summed E-state index contributed by atoms with van der Waals surface area (Å²) in [5, 5.41) is 0. The molecule has 1 saturated heterocycles. The van der Waals surface area contributed by atoms with Gasteiger partial charge in [-0.3, -0.25) is 0 Å². The van der Waals surface area contributed by atoms with Gasteiger partial charge in [0.2, 0.25) is 0 Å². The van der Waals surface area contributed by atoms with Crippen LogP contribution < -0.4 is 0 Å². The largest absolute Gasteiger partial charge is 0.376 e. The number of halogens is 3. The minimum absolute atomic E-state index is 0.0138. The molecule has 0 amide bonds. The molecule has 3 nitrogen and oxygen atoms in total. The first-order chi connectivity index (χ1) is 9.11. The van der Waals surface area contributed by atoms with Gasteiger partial charge < -0.3 is 9.30 Å². The Morgan fingerprint density at radius 1 is 1.47 bits per heavy atom. The van der Waals surface area contributed by atoms with Crippen molar-refractivity contribution >= 4 is 22.6 Å². The summed E-state index contributed by atoms with van der Waals surface area (Å²) in [4.78, 5) is 4.18. The first kappa shape index (κ1) is 12.8. The molecular weight excluding hydrogens is 274 g/mol. The van der Waals surface area contributed by atoms with E-state index in [-0.39, 0.29) is 23.5 Å². The molecule has 102 valence electrons. The summed E-state index contributed by atoms with van der Waals surface area (Å²) in [5.74, 6) is -0.576. The molecule has 0 bridgehead atoms. The van der Waals surface area contributed by atoms with Crippen LogP contribution in [0.1, 0.15) is 25.2 Å². The van der Waals surface area contributed by atoms with Crippen molar-refractivity contribution in [1.82, 2.24) is 9.55 Å². The van der Waals surface area contributed by atoms with Crippen molar-refractivity contribution in [3.05, 3.63) is 29.6 Å². The number of rotatable bonds is 2. The monoisotopic (exact) mass is 286 g/mol. The zero-order valence-corrected chi connectivity index (χ0v) is 11.1. The second kappa shape index (κ2) is 4.72. The average Bonchev–Trinajstić information content (AvgIpc) is 2.92. The summed E-state index contributed by atoms with van der Waals surface area (Å²) < 4.78 is 34.5. The van der Waals surface area contributed by atoms with Gasteiger partial charge in [0.15, 0.2) is 5.82 Å². The number of aromatic nitrogens is 2. The van der Waals surface area contributed by atoms with Gasteiger partial charge in [0, 0.05) is 12.7 Å². The normalized spacial score (nSPS) is 23.4. The van der Waals surface area contributed by atoms with E-state index in [9.17, 15) is 8.78 Å². The van der Waals surface area contributed by atoms with E-state index in [0.717, 1.165) is 12.5 Å². The lowest BCUT2D eigenvalue weighted by molar-refractivity contribution is 0.108. The van der Waals surface area contributed by atoms with Crippen LogP contribution in [0.4, 0.5) is 8.78 Å². The lowest BCUT2D eigenvalue weighted by Crippen LogP contribution is -2.18. The summed E-state index contributed by atoms with van der Waals surface area (Å²) in [6.45, 7) is 2.57. The van der Waals surface area contributed by atoms with E-state index in [4.69, 9.17) is 16.3 Å². The fraction of sp³-hybridized carbons (Fsp3) is 0.462. The van der Waals surface area contributed by atoms with E-state index in [1.165, 1.54) is 6.07 Å². The maximum atomic E-state index is 13.8. The van der Waals surface area contributed by atoms with Crippen LogP contribution in [-0.2, 0) is 10.6 Å². The quantitative estimate of drug-likeness (QED) is 0.791. The predicted molar refractivity (Wildman–Crippen MR) is 68.3 cm³/mol. The second-order valence-corrected chi connectivity index (χ2v) is 4.99. The molecule has 0 aliphatic carbocycles. The average molecular weight is 287 g/mol. The topological polar surface area (TPSA) is 27.1 Å². The van der Waals surface area contributed by atoms with Gasteiger partial charge in [0.25, 0.3) is 0 Å². The Morgan fingerprint density at radius 2 is 2.26 bits per heavy atom. The van der Waals surface area contributed by atoms with Crippen LogP contribution in [0, 0.1) is 11.6 Å². The number of ether oxygens (including phenoxy) is 1. The predicted octanol–water partition coefficient (Wildman–Crippen LogP) is 3.40. The van der Waals surface area contributed by atoms with E-state index in [0.29, 0.717) is 17.9 Å². The van der Waals surface area contributed by atoms with Crippen LogP contribution in [0.5, 0.6) is 0 Å². The molecule has 0 spiro atoms. The van der Waals surface area contributed by atoms with Crippen molar-refractivity contribution < 1.29 is 13.5 Å². The van der Waals surface area contributed by atoms with Gasteiger partial charge in [0.05, 0.1) is 23.5 Å². The van der Waals surface area contributed by atoms with Crippen molar-refractivity contribution in [3.63, 3.8) is 0 Å². The smallest absolute Gasteiger partial charge is 0.153 e. The van der Waals surface area contributed by atoms with E-state index in [2.05, 4.69) is 4.98 Å². The fourth-order valence-corrected chi connectivity index (χ4v) is 2.88. The van der Waals surface area contributed by atoms with Gasteiger partial charge in [-0.15, -0.1) is 11.6 Å². The molecule has 1 fully saturated rings. The number of benzene rings is 1. The van der Waals surface area contributed by atoms with E-state index >= 15 is 0 Å². The summed E-state index contributed by atoms with van der Waals surface area (Å²) >= 11 is 5.88. The summed E-state index contributed by atoms with van der Waals surface area (Å²) in [5.41, 5.74) is 0.603. The third-order valence-electron chi connectivity index (χ3n) is 3.57. The lowest BCUT2D eigenvalue weighted by Gasteiger charge is -2.19. The highest BCUT2D eigenvalue weighted by molar-refractivity contribution is 6.16. The van der Waals surface area contributed by atoms with Crippen molar-refractivity contribution in [3.8, 4) is 0 Å². The molecule has 3 rings (SSSR count). The highest BCUT2D eigenvalue weighted by Gasteiger charge is 2.30. The van der Waals surface area contributed by atoms with Crippen LogP contribution in [0.3, 0.4) is 0 Å². The van der Waals surface area contributed by atoms with Crippen molar-refractivity contribution in [2.45, 2.75) is 31.4 Å². The Hall–Kier alpha value is -1.20. The number of hydrogen-bond donors (Lipinski definition) is 0. The van der Waals surface area contributed by atoms with Crippen LogP contribution in [0.2, 0.25) is 0 Å². The Balaban J connectivity index is 2.26. The van der Waals surface area contributed by atoms with Crippen LogP contribution in [0.25, 0.3) is 11.0 Å². The third-order valence-corrected chi connectivity index (χ3v) is 3.81. The molecular formula is C13H13ClF2N2O. The molecule has 1 aliphatic heterocycles. The maximum absolute atomic E-state index is 13.8. The Labute approximate surface area is 114 Å². The molecule has 1 aromatic heterocycles. The van der Waals surface area contributed by atoms with Crippen molar-refractivity contribution in [2.24, 2.45) is 0 Å². The van der Waals surface area contributed by atoms with Crippen LogP contribution in [-0.4, -0.2) is 22.3 Å². The first-order valence-electron chi connectivity index (χ1n) is 6.15. The lowest BCUT2D eigenvalue weighted by atomic mass is 10.1. The summed E-state index contributed by atoms with van der Waals surface area (Å²) in [6.07, 6.45) is 0.764. The summed E-state index contributed by atoms with van der Waals surface area (Å²) in [7, 11) is 0. The van der Waals surface area contributed by atoms with Crippen LogP contribution in [0.15, 0.2) is 12.1 Å². The Bertz CT molecular complexity index is 629. The minimum atomic E-state index is -0.660. The first-order valence-corrected chi connectivity index (χ1v) is 6.68. The maximum Gasteiger partial charge on any atom is 0.153 e. The number of alkyl halides is 1. The number of hydrogen-bond acceptors (Lipinski definition) is 2. The molecule has 2 aromatic rings. The zero-order valence-electron chi connectivity index (χ0n) is 10.4. The molecule has 1 aromatic carbocycles. The van der Waals surface area contributed by atoms with Crippen LogP contribution >= 0.6 is 11.6 Å². The molecule has 2 heterocycles. The molecule has 0 N–H and O–H groups in total. The van der Waals surface area contributed by atoms with E-state index in [1.807, 2.05) is 11.5 Å². The molecule has 2 atom stereocenters. The molecule has 0 radical (unpaired) electrons. The van der Waals surface area contributed by atoms with Gasteiger partial charge in [-0.2, -0.15) is 0 Å². The van der Waals surface area contributed by atoms with Crippen molar-refractivity contribution in [1.29, 1.82) is 0 Å². The standard InChI is InChI=1S/C13H13ClF2N2O/c1-7-10(2-3-19-7)18-11-5-8(15)4-9(16)13(11)17-12(18)6-14/h4-5,7,10H,2-3,6H2,1H3. The fourth-order valence-electron chi connectivity index (χ4n) is 2.69. The van der Waals surface area contributed by atoms with Gasteiger partial charge in [-0.1, -0.05) is 0 Å².